The minimum atomic E-state index is 0.596. The van der Waals surface area contributed by atoms with E-state index >= 15 is 0 Å². The SMILES string of the molecule is Cc1cccc(NN2CN=CC=C2c2ccc[nH]2)c1. The van der Waals surface area contributed by atoms with Gasteiger partial charge >= 0.3 is 0 Å². The van der Waals surface area contributed by atoms with E-state index in [1.807, 2.05) is 35.6 Å². The monoisotopic (exact) mass is 252 g/mol. The fourth-order valence-electron chi connectivity index (χ4n) is 2.11. The lowest BCUT2D eigenvalue weighted by atomic mass is 10.2. The van der Waals surface area contributed by atoms with Crippen molar-refractivity contribution in [3.05, 3.63) is 59.9 Å². The zero-order valence-electron chi connectivity index (χ0n) is 10.8. The number of aromatic nitrogens is 1. The summed E-state index contributed by atoms with van der Waals surface area (Å²) in [6.07, 6.45) is 5.76. The number of aryl methyl sites for hydroxylation is 1. The first-order chi connectivity index (χ1) is 9.33. The molecule has 2 heterocycles. The average Bonchev–Trinajstić information content (AvgIpc) is 2.93. The van der Waals surface area contributed by atoms with Crippen LogP contribution in [0.1, 0.15) is 11.3 Å². The molecule has 1 aromatic carbocycles. The number of nitrogens with zero attached hydrogens (tertiary/aromatic N) is 2. The molecular formula is C15H16N4. The van der Waals surface area contributed by atoms with Crippen molar-refractivity contribution in [3.63, 3.8) is 0 Å². The first-order valence-corrected chi connectivity index (χ1v) is 6.28. The highest BCUT2D eigenvalue weighted by molar-refractivity contribution is 5.84. The van der Waals surface area contributed by atoms with E-state index in [9.17, 15) is 0 Å². The van der Waals surface area contributed by atoms with Crippen molar-refractivity contribution in [3.8, 4) is 0 Å². The maximum Gasteiger partial charge on any atom is 0.129 e. The summed E-state index contributed by atoms with van der Waals surface area (Å²) >= 11 is 0. The first-order valence-electron chi connectivity index (χ1n) is 6.28. The number of hydrogen-bond acceptors (Lipinski definition) is 3. The van der Waals surface area contributed by atoms with Crippen LogP contribution in [0.25, 0.3) is 5.70 Å². The molecule has 0 radical (unpaired) electrons. The van der Waals surface area contributed by atoms with Gasteiger partial charge in [0.15, 0.2) is 0 Å². The minimum Gasteiger partial charge on any atom is -0.360 e. The van der Waals surface area contributed by atoms with Crippen LogP contribution in [-0.4, -0.2) is 22.9 Å². The van der Waals surface area contributed by atoms with Gasteiger partial charge in [-0.05, 0) is 42.8 Å². The molecule has 3 rings (SSSR count). The molecule has 0 spiro atoms. The van der Waals surface area contributed by atoms with Gasteiger partial charge in [-0.2, -0.15) is 0 Å². The number of aliphatic imine (C=N–C) groups is 1. The molecule has 1 aliphatic rings. The first kappa shape index (κ1) is 11.6. The normalized spacial score (nSPS) is 14.4. The Bertz CT molecular complexity index is 611. The summed E-state index contributed by atoms with van der Waals surface area (Å²) < 4.78 is 0. The molecule has 4 nitrogen and oxygen atoms in total. The maximum atomic E-state index is 4.29. The van der Waals surface area contributed by atoms with E-state index < -0.39 is 0 Å². The highest BCUT2D eigenvalue weighted by Crippen LogP contribution is 2.21. The Hall–Kier alpha value is -2.49. The number of hydrogen-bond donors (Lipinski definition) is 2. The van der Waals surface area contributed by atoms with Gasteiger partial charge < -0.3 is 4.98 Å². The van der Waals surface area contributed by atoms with Crippen LogP contribution in [0.4, 0.5) is 5.69 Å². The molecule has 1 aliphatic heterocycles. The molecule has 0 aliphatic carbocycles. The van der Waals surface area contributed by atoms with Gasteiger partial charge in [-0.25, -0.2) is 0 Å². The van der Waals surface area contributed by atoms with Crippen LogP contribution < -0.4 is 5.43 Å². The molecular weight excluding hydrogens is 236 g/mol. The molecule has 0 saturated heterocycles. The summed E-state index contributed by atoms with van der Waals surface area (Å²) in [6, 6.07) is 12.3. The van der Waals surface area contributed by atoms with Gasteiger partial charge in [0.25, 0.3) is 0 Å². The third-order valence-electron chi connectivity index (χ3n) is 3.01. The highest BCUT2D eigenvalue weighted by Gasteiger charge is 2.14. The van der Waals surface area contributed by atoms with Crippen LogP contribution in [0.3, 0.4) is 0 Å². The molecule has 19 heavy (non-hydrogen) atoms. The van der Waals surface area contributed by atoms with Crippen LogP contribution in [-0.2, 0) is 0 Å². The van der Waals surface area contributed by atoms with Gasteiger partial charge in [-0.15, -0.1) is 0 Å². The van der Waals surface area contributed by atoms with Crippen LogP contribution in [0.15, 0.2) is 53.7 Å². The summed E-state index contributed by atoms with van der Waals surface area (Å²) in [5.41, 5.74) is 7.85. The van der Waals surface area contributed by atoms with E-state index in [0.717, 1.165) is 17.1 Å². The van der Waals surface area contributed by atoms with Crippen molar-refractivity contribution >= 4 is 17.6 Å². The summed E-state index contributed by atoms with van der Waals surface area (Å²) in [6.45, 7) is 2.68. The standard InChI is InChI=1S/C15H16N4/c1-12-4-2-5-13(10-12)18-19-11-16-9-7-15(19)14-6-3-8-17-14/h2-10,17-18H,11H2,1H3. The van der Waals surface area contributed by atoms with Gasteiger partial charge in [0.05, 0.1) is 17.1 Å². The second-order valence-electron chi connectivity index (χ2n) is 4.52. The van der Waals surface area contributed by atoms with Gasteiger partial charge in [-0.3, -0.25) is 15.4 Å². The third-order valence-corrected chi connectivity index (χ3v) is 3.01. The van der Waals surface area contributed by atoms with Crippen LogP contribution in [0, 0.1) is 6.92 Å². The van der Waals surface area contributed by atoms with E-state index in [-0.39, 0.29) is 0 Å². The van der Waals surface area contributed by atoms with Crippen LogP contribution in [0.5, 0.6) is 0 Å². The fraction of sp³-hybridized carbons (Fsp3) is 0.133. The Kier molecular flexibility index (Phi) is 3.06. The van der Waals surface area contributed by atoms with Crippen molar-refractivity contribution in [2.24, 2.45) is 4.99 Å². The highest BCUT2D eigenvalue weighted by atomic mass is 15.5. The average molecular weight is 252 g/mol. The number of H-pyrrole nitrogens is 1. The van der Waals surface area contributed by atoms with Crippen molar-refractivity contribution in [2.75, 3.05) is 12.1 Å². The largest absolute Gasteiger partial charge is 0.360 e. The van der Waals surface area contributed by atoms with Crippen molar-refractivity contribution in [1.29, 1.82) is 0 Å². The number of rotatable bonds is 3. The summed E-state index contributed by atoms with van der Waals surface area (Å²) in [4.78, 5) is 7.51. The van der Waals surface area contributed by atoms with E-state index in [1.54, 1.807) is 0 Å². The Balaban J connectivity index is 1.84. The molecule has 2 N–H and O–H groups in total. The molecule has 96 valence electrons. The molecule has 0 unspecified atom stereocenters. The van der Waals surface area contributed by atoms with E-state index in [2.05, 4.69) is 46.6 Å². The Labute approximate surface area is 112 Å². The summed E-state index contributed by atoms with van der Waals surface area (Å²) in [5, 5.41) is 2.03. The fourth-order valence-corrected chi connectivity index (χ4v) is 2.11. The lowest BCUT2D eigenvalue weighted by Gasteiger charge is -2.28. The molecule has 0 fully saturated rings. The van der Waals surface area contributed by atoms with Crippen LogP contribution in [0.2, 0.25) is 0 Å². The number of hydrazine groups is 1. The molecule has 0 atom stereocenters. The molecule has 2 aromatic rings. The van der Waals surface area contributed by atoms with E-state index in [4.69, 9.17) is 0 Å². The van der Waals surface area contributed by atoms with Gasteiger partial charge in [0.2, 0.25) is 0 Å². The second kappa shape index (κ2) is 5.02. The predicted octanol–water partition coefficient (Wildman–Crippen LogP) is 3.04. The topological polar surface area (TPSA) is 43.4 Å². The molecule has 4 heteroatoms. The number of allylic oxidation sites excluding steroid dienone is 1. The summed E-state index contributed by atoms with van der Waals surface area (Å²) in [7, 11) is 0. The Morgan fingerprint density at radius 3 is 3.00 bits per heavy atom. The van der Waals surface area contributed by atoms with E-state index in [1.165, 1.54) is 5.56 Å². The lowest BCUT2D eigenvalue weighted by molar-refractivity contribution is 0.484. The number of nitrogens with one attached hydrogen (secondary N) is 2. The Morgan fingerprint density at radius 2 is 2.21 bits per heavy atom. The zero-order valence-corrected chi connectivity index (χ0v) is 10.8. The van der Waals surface area contributed by atoms with Crippen molar-refractivity contribution in [1.82, 2.24) is 9.99 Å². The molecule has 1 aromatic heterocycles. The number of aromatic amines is 1. The second-order valence-corrected chi connectivity index (χ2v) is 4.52. The quantitative estimate of drug-likeness (QED) is 0.881. The maximum absolute atomic E-state index is 4.29. The molecule has 0 saturated carbocycles. The molecule has 0 amide bonds. The van der Waals surface area contributed by atoms with Gasteiger partial charge in [-0.1, -0.05) is 12.1 Å². The van der Waals surface area contributed by atoms with Gasteiger partial charge in [0.1, 0.15) is 6.67 Å². The van der Waals surface area contributed by atoms with Gasteiger partial charge in [0, 0.05) is 12.4 Å². The third kappa shape index (κ3) is 2.52. The minimum absolute atomic E-state index is 0.596. The van der Waals surface area contributed by atoms with Crippen molar-refractivity contribution in [2.45, 2.75) is 6.92 Å². The van der Waals surface area contributed by atoms with Crippen molar-refractivity contribution < 1.29 is 0 Å². The van der Waals surface area contributed by atoms with Crippen LogP contribution >= 0.6 is 0 Å². The molecule has 0 bridgehead atoms. The predicted molar refractivity (Wildman–Crippen MR) is 78.8 cm³/mol. The number of anilines is 1. The lowest BCUT2D eigenvalue weighted by Crippen LogP contribution is -2.30. The smallest absolute Gasteiger partial charge is 0.129 e. The zero-order chi connectivity index (χ0) is 13.1. The number of benzene rings is 1. The Morgan fingerprint density at radius 1 is 1.26 bits per heavy atom. The van der Waals surface area contributed by atoms with E-state index in [0.29, 0.717) is 6.67 Å². The summed E-state index contributed by atoms with van der Waals surface area (Å²) in [5.74, 6) is 0.